The number of nitrogens with one attached hydrogen (secondary N) is 1. The third-order valence-corrected chi connectivity index (χ3v) is 2.63. The van der Waals surface area contributed by atoms with Gasteiger partial charge in [-0.25, -0.2) is 0 Å². The normalized spacial score (nSPS) is 20.0. The van der Waals surface area contributed by atoms with Crippen LogP contribution in [0.5, 0.6) is 0 Å². The van der Waals surface area contributed by atoms with Crippen molar-refractivity contribution in [3.05, 3.63) is 0 Å². The molecule has 0 amide bonds. The molecule has 1 heterocycles. The third kappa shape index (κ3) is 6.22. The Hall–Kier alpha value is -0.0000000000000000555. The average molecular weight is 247 g/mol. The lowest BCUT2D eigenvalue weighted by Crippen LogP contribution is -2.45. The minimum Gasteiger partial charge on any atom is -0.306 e. The van der Waals surface area contributed by atoms with E-state index in [1.165, 1.54) is 0 Å². The Kier molecular flexibility index (Phi) is 6.55. The summed E-state index contributed by atoms with van der Waals surface area (Å²) < 4.78 is 35.6. The lowest BCUT2D eigenvalue weighted by Gasteiger charge is -2.31. The van der Waals surface area contributed by atoms with E-state index in [2.05, 4.69) is 17.1 Å². The van der Waals surface area contributed by atoms with Crippen molar-refractivity contribution >= 4 is 12.4 Å². The monoisotopic (exact) mass is 246 g/mol. The van der Waals surface area contributed by atoms with Gasteiger partial charge >= 0.3 is 6.18 Å². The fraction of sp³-hybridized carbons (Fsp3) is 1.00. The standard InChI is InChI=1S/C9H17F3N2.ClH/c1-2-14-5-3-8(4-6-14)13-7-9(10,11)12;/h8,13H,2-7H2,1H3;1H. The first kappa shape index (κ1) is 15.0. The molecule has 0 spiro atoms. The zero-order valence-corrected chi connectivity index (χ0v) is 9.63. The van der Waals surface area contributed by atoms with Crippen LogP contribution < -0.4 is 5.32 Å². The zero-order chi connectivity index (χ0) is 10.6. The molecule has 1 fully saturated rings. The number of halogens is 4. The fourth-order valence-corrected chi connectivity index (χ4v) is 1.71. The molecule has 2 nitrogen and oxygen atoms in total. The van der Waals surface area contributed by atoms with Crippen LogP contribution in [0.15, 0.2) is 0 Å². The van der Waals surface area contributed by atoms with Crippen molar-refractivity contribution < 1.29 is 13.2 Å². The van der Waals surface area contributed by atoms with E-state index in [9.17, 15) is 13.2 Å². The van der Waals surface area contributed by atoms with Crippen molar-refractivity contribution in [3.8, 4) is 0 Å². The largest absolute Gasteiger partial charge is 0.401 e. The van der Waals surface area contributed by atoms with Crippen molar-refractivity contribution in [1.29, 1.82) is 0 Å². The van der Waals surface area contributed by atoms with E-state index < -0.39 is 12.7 Å². The predicted octanol–water partition coefficient (Wildman–Crippen LogP) is 2.04. The molecule has 0 bridgehead atoms. The van der Waals surface area contributed by atoms with Crippen molar-refractivity contribution in [2.45, 2.75) is 32.0 Å². The molecule has 1 aliphatic heterocycles. The molecule has 1 N–H and O–H groups in total. The molecule has 0 unspecified atom stereocenters. The Morgan fingerprint density at radius 3 is 2.20 bits per heavy atom. The van der Waals surface area contributed by atoms with Crippen LogP contribution in [0.2, 0.25) is 0 Å². The van der Waals surface area contributed by atoms with E-state index in [1.54, 1.807) is 0 Å². The van der Waals surface area contributed by atoms with Gasteiger partial charge in [0.2, 0.25) is 0 Å². The van der Waals surface area contributed by atoms with Gasteiger partial charge in [-0.05, 0) is 32.5 Å². The van der Waals surface area contributed by atoms with Gasteiger partial charge in [0.05, 0.1) is 6.54 Å². The average Bonchev–Trinajstić information content (AvgIpc) is 2.14. The Morgan fingerprint density at radius 1 is 1.27 bits per heavy atom. The van der Waals surface area contributed by atoms with Gasteiger partial charge < -0.3 is 10.2 Å². The van der Waals surface area contributed by atoms with E-state index in [0.29, 0.717) is 0 Å². The van der Waals surface area contributed by atoms with E-state index >= 15 is 0 Å². The van der Waals surface area contributed by atoms with Gasteiger partial charge in [-0.1, -0.05) is 6.92 Å². The molecule has 0 radical (unpaired) electrons. The number of nitrogens with zero attached hydrogens (tertiary/aromatic N) is 1. The molecule has 0 aromatic carbocycles. The Bertz CT molecular complexity index is 167. The number of piperidine rings is 1. The molecule has 0 saturated carbocycles. The van der Waals surface area contributed by atoms with E-state index in [0.717, 1.165) is 32.5 Å². The SMILES string of the molecule is CCN1CCC(NCC(F)(F)F)CC1.Cl. The third-order valence-electron chi connectivity index (χ3n) is 2.63. The van der Waals surface area contributed by atoms with Crippen LogP contribution in [0.1, 0.15) is 19.8 Å². The highest BCUT2D eigenvalue weighted by molar-refractivity contribution is 5.85. The Labute approximate surface area is 94.6 Å². The number of rotatable bonds is 3. The lowest BCUT2D eigenvalue weighted by molar-refractivity contribution is -0.126. The molecule has 0 atom stereocenters. The molecule has 92 valence electrons. The van der Waals surface area contributed by atoms with Crippen molar-refractivity contribution in [2.75, 3.05) is 26.2 Å². The minimum atomic E-state index is -4.08. The number of hydrogen-bond donors (Lipinski definition) is 1. The summed E-state index contributed by atoms with van der Waals surface area (Å²) in [6.45, 7) is 4.03. The highest BCUT2D eigenvalue weighted by Crippen LogP contribution is 2.15. The lowest BCUT2D eigenvalue weighted by atomic mass is 10.1. The van der Waals surface area contributed by atoms with Gasteiger partial charge in [0.15, 0.2) is 0 Å². The van der Waals surface area contributed by atoms with E-state index in [4.69, 9.17) is 0 Å². The molecule has 6 heteroatoms. The first-order valence-corrected chi connectivity index (χ1v) is 5.04. The van der Waals surface area contributed by atoms with Gasteiger partial charge in [-0.15, -0.1) is 12.4 Å². The van der Waals surface area contributed by atoms with Crippen LogP contribution in [-0.2, 0) is 0 Å². The van der Waals surface area contributed by atoms with Crippen molar-refractivity contribution in [2.24, 2.45) is 0 Å². The smallest absolute Gasteiger partial charge is 0.306 e. The first-order chi connectivity index (χ1) is 6.51. The Morgan fingerprint density at radius 2 is 1.80 bits per heavy atom. The summed E-state index contributed by atoms with van der Waals surface area (Å²) in [5.74, 6) is 0. The molecular weight excluding hydrogens is 229 g/mol. The number of likely N-dealkylation sites (tertiary alicyclic amines) is 1. The molecule has 0 aliphatic carbocycles. The van der Waals surface area contributed by atoms with Crippen molar-refractivity contribution in [3.63, 3.8) is 0 Å². The second-order valence-corrected chi connectivity index (χ2v) is 3.70. The maximum Gasteiger partial charge on any atom is 0.401 e. The maximum atomic E-state index is 11.9. The molecule has 1 saturated heterocycles. The summed E-state index contributed by atoms with van der Waals surface area (Å²) in [6.07, 6.45) is -2.43. The summed E-state index contributed by atoms with van der Waals surface area (Å²) in [7, 11) is 0. The second kappa shape index (κ2) is 6.55. The maximum absolute atomic E-state index is 11.9. The van der Waals surface area contributed by atoms with Gasteiger partial charge in [-0.2, -0.15) is 13.2 Å². The quantitative estimate of drug-likeness (QED) is 0.820. The highest BCUT2D eigenvalue weighted by Gasteiger charge is 2.28. The van der Waals surface area contributed by atoms with Crippen LogP contribution in [0.25, 0.3) is 0 Å². The first-order valence-electron chi connectivity index (χ1n) is 5.04. The topological polar surface area (TPSA) is 15.3 Å². The fourth-order valence-electron chi connectivity index (χ4n) is 1.71. The predicted molar refractivity (Wildman–Crippen MR) is 56.4 cm³/mol. The molecule has 15 heavy (non-hydrogen) atoms. The van der Waals surface area contributed by atoms with Crippen LogP contribution in [0, 0.1) is 0 Å². The summed E-state index contributed by atoms with van der Waals surface area (Å²) in [4.78, 5) is 2.26. The van der Waals surface area contributed by atoms with Crippen molar-refractivity contribution in [1.82, 2.24) is 10.2 Å². The summed E-state index contributed by atoms with van der Waals surface area (Å²) in [5.41, 5.74) is 0. The molecular formula is C9H18ClF3N2. The van der Waals surface area contributed by atoms with Gasteiger partial charge in [0.25, 0.3) is 0 Å². The van der Waals surface area contributed by atoms with Crippen LogP contribution in [0.3, 0.4) is 0 Å². The van der Waals surface area contributed by atoms with Gasteiger partial charge in [0.1, 0.15) is 0 Å². The summed E-state index contributed by atoms with van der Waals surface area (Å²) in [5, 5.41) is 2.55. The molecule has 0 aromatic heterocycles. The zero-order valence-electron chi connectivity index (χ0n) is 8.81. The second-order valence-electron chi connectivity index (χ2n) is 3.70. The summed E-state index contributed by atoms with van der Waals surface area (Å²) >= 11 is 0. The minimum absolute atomic E-state index is 0. The number of hydrogen-bond acceptors (Lipinski definition) is 2. The molecule has 0 aromatic rings. The molecule has 1 aliphatic rings. The van der Waals surface area contributed by atoms with Gasteiger partial charge in [0, 0.05) is 6.04 Å². The van der Waals surface area contributed by atoms with Crippen LogP contribution in [-0.4, -0.2) is 43.3 Å². The highest BCUT2D eigenvalue weighted by atomic mass is 35.5. The Balaban J connectivity index is 0.00000196. The summed E-state index contributed by atoms with van der Waals surface area (Å²) in [6, 6.07) is 0.0411. The van der Waals surface area contributed by atoms with Crippen LogP contribution >= 0.6 is 12.4 Å². The van der Waals surface area contributed by atoms with E-state index in [-0.39, 0.29) is 18.4 Å². The van der Waals surface area contributed by atoms with Crippen LogP contribution in [0.4, 0.5) is 13.2 Å². The molecule has 1 rings (SSSR count). The van der Waals surface area contributed by atoms with E-state index in [1.807, 2.05) is 0 Å². The van der Waals surface area contributed by atoms with Gasteiger partial charge in [-0.3, -0.25) is 0 Å². The number of alkyl halides is 3.